The second kappa shape index (κ2) is 6.64. The van der Waals surface area contributed by atoms with Gasteiger partial charge in [0.25, 0.3) is 0 Å². The molecule has 0 aliphatic carbocycles. The van der Waals surface area contributed by atoms with Gasteiger partial charge in [-0.1, -0.05) is 24.9 Å². The number of hydrogen-bond donors (Lipinski definition) is 1. The first-order chi connectivity index (χ1) is 9.13. The Bertz CT molecular complexity index is 410. The Hall–Kier alpha value is -0.710. The van der Waals surface area contributed by atoms with E-state index >= 15 is 0 Å². The van der Waals surface area contributed by atoms with Crippen LogP contribution in [0.25, 0.3) is 0 Å². The fourth-order valence-corrected chi connectivity index (χ4v) is 2.84. The highest BCUT2D eigenvalue weighted by molar-refractivity contribution is 6.30. The van der Waals surface area contributed by atoms with Crippen molar-refractivity contribution in [2.24, 2.45) is 0 Å². The number of nitrogens with zero attached hydrogens (tertiary/aromatic N) is 1. The molecule has 0 spiro atoms. The van der Waals surface area contributed by atoms with E-state index in [2.05, 4.69) is 10.2 Å². The minimum atomic E-state index is -0.540. The summed E-state index contributed by atoms with van der Waals surface area (Å²) in [6.45, 7) is 5.37. The highest BCUT2D eigenvalue weighted by Crippen LogP contribution is 2.32. The van der Waals surface area contributed by atoms with Crippen molar-refractivity contribution in [1.82, 2.24) is 10.2 Å². The average Bonchev–Trinajstić information content (AvgIpc) is 2.37. The Morgan fingerprint density at radius 2 is 1.84 bits per heavy atom. The summed E-state index contributed by atoms with van der Waals surface area (Å²) in [6, 6.07) is 2.19. The molecule has 1 N–H and O–H groups in total. The standard InChI is InChI=1S/C14H19ClF2N2/c1-2-3-13(19-6-4-18-5-7-19)14-11(16)8-10(15)9-12(14)17/h8-9,13,18H,2-7H2,1H3/t13-/m0/s1. The molecule has 1 aromatic carbocycles. The molecule has 0 saturated carbocycles. The molecule has 106 valence electrons. The van der Waals surface area contributed by atoms with Crippen LogP contribution in [-0.2, 0) is 0 Å². The van der Waals surface area contributed by atoms with Crippen molar-refractivity contribution in [3.63, 3.8) is 0 Å². The van der Waals surface area contributed by atoms with Gasteiger partial charge < -0.3 is 5.32 Å². The molecule has 1 fully saturated rings. The second-order valence-electron chi connectivity index (χ2n) is 4.87. The van der Waals surface area contributed by atoms with Crippen molar-refractivity contribution in [2.45, 2.75) is 25.8 Å². The van der Waals surface area contributed by atoms with E-state index in [1.807, 2.05) is 6.92 Å². The van der Waals surface area contributed by atoms with E-state index in [1.165, 1.54) is 12.1 Å². The van der Waals surface area contributed by atoms with Crippen molar-refractivity contribution in [2.75, 3.05) is 26.2 Å². The fraction of sp³-hybridized carbons (Fsp3) is 0.571. The van der Waals surface area contributed by atoms with Gasteiger partial charge in [-0.25, -0.2) is 8.78 Å². The Morgan fingerprint density at radius 3 is 2.37 bits per heavy atom. The largest absolute Gasteiger partial charge is 0.314 e. The average molecular weight is 289 g/mol. The van der Waals surface area contributed by atoms with Crippen molar-refractivity contribution in [1.29, 1.82) is 0 Å². The van der Waals surface area contributed by atoms with Crippen LogP contribution < -0.4 is 5.32 Å². The molecule has 5 heteroatoms. The number of rotatable bonds is 4. The molecule has 1 aromatic rings. The summed E-state index contributed by atoms with van der Waals surface area (Å²) in [6.07, 6.45) is 1.63. The van der Waals surface area contributed by atoms with Crippen LogP contribution in [0.2, 0.25) is 5.02 Å². The van der Waals surface area contributed by atoms with Crippen LogP contribution in [0.1, 0.15) is 31.4 Å². The normalized spacial score (nSPS) is 18.5. The van der Waals surface area contributed by atoms with E-state index in [1.54, 1.807) is 0 Å². The van der Waals surface area contributed by atoms with Gasteiger partial charge in [0.2, 0.25) is 0 Å². The Labute approximate surface area is 117 Å². The molecule has 0 radical (unpaired) electrons. The predicted octanol–water partition coefficient (Wildman–Crippen LogP) is 3.36. The summed E-state index contributed by atoms with van der Waals surface area (Å²) >= 11 is 5.69. The molecule has 19 heavy (non-hydrogen) atoms. The highest BCUT2D eigenvalue weighted by atomic mass is 35.5. The molecule has 2 nitrogen and oxygen atoms in total. The van der Waals surface area contributed by atoms with Gasteiger partial charge in [-0.15, -0.1) is 0 Å². The zero-order valence-electron chi connectivity index (χ0n) is 11.1. The van der Waals surface area contributed by atoms with Crippen LogP contribution in [0.15, 0.2) is 12.1 Å². The van der Waals surface area contributed by atoms with Crippen molar-refractivity contribution in [3.05, 3.63) is 34.4 Å². The van der Waals surface area contributed by atoms with Gasteiger partial charge in [-0.2, -0.15) is 0 Å². The number of halogens is 3. The van der Waals surface area contributed by atoms with E-state index in [4.69, 9.17) is 11.6 Å². The molecular weight excluding hydrogens is 270 g/mol. The van der Waals surface area contributed by atoms with Gasteiger partial charge >= 0.3 is 0 Å². The molecule has 0 amide bonds. The van der Waals surface area contributed by atoms with Crippen LogP contribution in [0.3, 0.4) is 0 Å². The smallest absolute Gasteiger partial charge is 0.132 e. The zero-order valence-corrected chi connectivity index (χ0v) is 11.8. The molecule has 0 unspecified atom stereocenters. The fourth-order valence-electron chi connectivity index (χ4n) is 2.65. The third-order valence-corrected chi connectivity index (χ3v) is 3.75. The van der Waals surface area contributed by atoms with Crippen LogP contribution >= 0.6 is 11.6 Å². The summed E-state index contributed by atoms with van der Waals surface area (Å²) in [7, 11) is 0. The molecule has 1 atom stereocenters. The molecule has 1 aliphatic heterocycles. The molecule has 1 saturated heterocycles. The maximum Gasteiger partial charge on any atom is 0.132 e. The number of benzene rings is 1. The third-order valence-electron chi connectivity index (χ3n) is 3.53. The summed E-state index contributed by atoms with van der Waals surface area (Å²) < 4.78 is 28.1. The maximum absolute atomic E-state index is 14.1. The zero-order chi connectivity index (χ0) is 13.8. The van der Waals surface area contributed by atoms with Crippen molar-refractivity contribution >= 4 is 11.6 Å². The number of nitrogens with one attached hydrogen (secondary N) is 1. The summed E-state index contributed by atoms with van der Waals surface area (Å²) in [5.74, 6) is -1.08. The van der Waals surface area contributed by atoms with Crippen LogP contribution in [0.5, 0.6) is 0 Å². The van der Waals surface area contributed by atoms with E-state index in [0.717, 1.165) is 39.0 Å². The Morgan fingerprint density at radius 1 is 1.26 bits per heavy atom. The summed E-state index contributed by atoms with van der Waals surface area (Å²) in [4.78, 5) is 2.15. The molecule has 0 aromatic heterocycles. The quantitative estimate of drug-likeness (QED) is 0.914. The topological polar surface area (TPSA) is 15.3 Å². The molecular formula is C14H19ClF2N2. The Kier molecular flexibility index (Phi) is 5.13. The van der Waals surface area contributed by atoms with Crippen molar-refractivity contribution in [3.8, 4) is 0 Å². The third kappa shape index (κ3) is 3.44. The minimum absolute atomic E-state index is 0.106. The lowest BCUT2D eigenvalue weighted by Crippen LogP contribution is -2.45. The minimum Gasteiger partial charge on any atom is -0.314 e. The number of piperazine rings is 1. The van der Waals surface area contributed by atoms with E-state index in [9.17, 15) is 8.78 Å². The second-order valence-corrected chi connectivity index (χ2v) is 5.31. The van der Waals surface area contributed by atoms with Gasteiger partial charge in [0.05, 0.1) is 0 Å². The SMILES string of the molecule is CCC[C@@H](c1c(F)cc(Cl)cc1F)N1CCNCC1. The monoisotopic (exact) mass is 288 g/mol. The van der Waals surface area contributed by atoms with Crippen LogP contribution in [0.4, 0.5) is 8.78 Å². The lowest BCUT2D eigenvalue weighted by atomic mass is 9.98. The lowest BCUT2D eigenvalue weighted by molar-refractivity contribution is 0.158. The molecule has 1 aliphatic rings. The van der Waals surface area contributed by atoms with Gasteiger partial charge in [-0.05, 0) is 18.6 Å². The molecule has 2 rings (SSSR count). The van der Waals surface area contributed by atoms with Crippen LogP contribution in [-0.4, -0.2) is 31.1 Å². The maximum atomic E-state index is 14.1. The van der Waals surface area contributed by atoms with E-state index in [0.29, 0.717) is 0 Å². The first-order valence-electron chi connectivity index (χ1n) is 6.72. The predicted molar refractivity (Wildman–Crippen MR) is 73.5 cm³/mol. The van der Waals surface area contributed by atoms with Gasteiger partial charge in [-0.3, -0.25) is 4.90 Å². The van der Waals surface area contributed by atoms with E-state index in [-0.39, 0.29) is 16.6 Å². The summed E-state index contributed by atoms with van der Waals surface area (Å²) in [5, 5.41) is 3.36. The molecule has 1 heterocycles. The van der Waals surface area contributed by atoms with Crippen LogP contribution in [0, 0.1) is 11.6 Å². The number of hydrogen-bond acceptors (Lipinski definition) is 2. The van der Waals surface area contributed by atoms with E-state index < -0.39 is 11.6 Å². The Balaban J connectivity index is 2.32. The van der Waals surface area contributed by atoms with Gasteiger partial charge in [0.1, 0.15) is 11.6 Å². The van der Waals surface area contributed by atoms with Gasteiger partial charge in [0.15, 0.2) is 0 Å². The summed E-state index contributed by atoms with van der Waals surface area (Å²) in [5.41, 5.74) is 0.160. The first kappa shape index (κ1) is 14.7. The van der Waals surface area contributed by atoms with Gasteiger partial charge in [0, 0.05) is 42.8 Å². The molecule has 0 bridgehead atoms. The first-order valence-corrected chi connectivity index (χ1v) is 7.10. The highest BCUT2D eigenvalue weighted by Gasteiger charge is 2.27. The lowest BCUT2D eigenvalue weighted by Gasteiger charge is -2.35. The van der Waals surface area contributed by atoms with Crippen molar-refractivity contribution < 1.29 is 8.78 Å².